The molecule has 2 heteroatoms. The van der Waals surface area contributed by atoms with Gasteiger partial charge in [-0.05, 0) is 66.4 Å². The van der Waals surface area contributed by atoms with Crippen LogP contribution >= 0.6 is 0 Å². The molecule has 0 spiro atoms. The van der Waals surface area contributed by atoms with Crippen molar-refractivity contribution >= 4 is 28.4 Å². The summed E-state index contributed by atoms with van der Waals surface area (Å²) in [6.45, 7) is 0. The number of hydrogen-bond donors (Lipinski definition) is 1. The third-order valence-electron chi connectivity index (χ3n) is 6.25. The molecular formula is C30H24N2. The van der Waals surface area contributed by atoms with Gasteiger partial charge >= 0.3 is 0 Å². The van der Waals surface area contributed by atoms with E-state index in [1.807, 2.05) is 6.07 Å². The normalized spacial score (nSPS) is 12.6. The summed E-state index contributed by atoms with van der Waals surface area (Å²) in [6.07, 6.45) is 6.75. The zero-order valence-electron chi connectivity index (χ0n) is 17.8. The third kappa shape index (κ3) is 3.30. The number of fused-ring (bicyclic) bond motifs is 3. The molecule has 32 heavy (non-hydrogen) atoms. The Morgan fingerprint density at radius 3 is 2.06 bits per heavy atom. The second kappa shape index (κ2) is 7.90. The second-order valence-corrected chi connectivity index (χ2v) is 8.27. The molecular weight excluding hydrogens is 388 g/mol. The number of benzene rings is 4. The van der Waals surface area contributed by atoms with Crippen LogP contribution in [0.15, 0.2) is 109 Å². The lowest BCUT2D eigenvalue weighted by Crippen LogP contribution is -2.03. The highest BCUT2D eigenvalue weighted by molar-refractivity contribution is 5.93. The van der Waals surface area contributed by atoms with Crippen molar-refractivity contribution in [1.82, 2.24) is 4.57 Å². The Kier molecular flexibility index (Phi) is 4.62. The van der Waals surface area contributed by atoms with E-state index in [2.05, 4.69) is 119 Å². The Morgan fingerprint density at radius 2 is 1.28 bits per heavy atom. The molecule has 4 aromatic carbocycles. The van der Waals surface area contributed by atoms with E-state index in [0.29, 0.717) is 0 Å². The van der Waals surface area contributed by atoms with Crippen molar-refractivity contribution < 1.29 is 0 Å². The van der Waals surface area contributed by atoms with Gasteiger partial charge in [0.25, 0.3) is 0 Å². The molecule has 0 radical (unpaired) electrons. The van der Waals surface area contributed by atoms with Crippen molar-refractivity contribution in [2.45, 2.75) is 12.8 Å². The fourth-order valence-corrected chi connectivity index (χ4v) is 4.70. The van der Waals surface area contributed by atoms with Gasteiger partial charge in [-0.1, -0.05) is 72.8 Å². The lowest BCUT2D eigenvalue weighted by Gasteiger charge is -2.14. The highest BCUT2D eigenvalue weighted by Crippen LogP contribution is 2.34. The van der Waals surface area contributed by atoms with Crippen molar-refractivity contribution in [3.8, 4) is 16.8 Å². The monoisotopic (exact) mass is 412 g/mol. The maximum absolute atomic E-state index is 3.53. The zero-order valence-corrected chi connectivity index (χ0v) is 17.8. The number of anilines is 2. The molecule has 0 unspecified atom stereocenters. The highest BCUT2D eigenvalue weighted by atomic mass is 15.0. The molecule has 0 aliphatic heterocycles. The SMILES string of the molecule is C1=Cc2c(n(-c3ccc(Nc4ccc(-c5ccccc5)cc4)cc3)c3ccccc23)CC1. The molecule has 0 amide bonds. The summed E-state index contributed by atoms with van der Waals surface area (Å²) in [5, 5.41) is 4.87. The molecule has 0 fully saturated rings. The summed E-state index contributed by atoms with van der Waals surface area (Å²) in [7, 11) is 0. The first kappa shape index (κ1) is 18.7. The van der Waals surface area contributed by atoms with Crippen LogP contribution in [-0.2, 0) is 6.42 Å². The first-order valence-electron chi connectivity index (χ1n) is 11.2. The van der Waals surface area contributed by atoms with E-state index in [0.717, 1.165) is 24.2 Å². The first-order valence-corrected chi connectivity index (χ1v) is 11.2. The lowest BCUT2D eigenvalue weighted by molar-refractivity contribution is 0.888. The summed E-state index contributed by atoms with van der Waals surface area (Å²) in [5.41, 5.74) is 9.91. The lowest BCUT2D eigenvalue weighted by atomic mass is 10.0. The highest BCUT2D eigenvalue weighted by Gasteiger charge is 2.17. The minimum atomic E-state index is 1.08. The van der Waals surface area contributed by atoms with Gasteiger partial charge in [0.05, 0.1) is 5.52 Å². The van der Waals surface area contributed by atoms with Gasteiger partial charge in [0.15, 0.2) is 0 Å². The van der Waals surface area contributed by atoms with E-state index in [9.17, 15) is 0 Å². The topological polar surface area (TPSA) is 17.0 Å². The van der Waals surface area contributed by atoms with Crippen LogP contribution in [0.5, 0.6) is 0 Å². The minimum absolute atomic E-state index is 1.08. The van der Waals surface area contributed by atoms with Crippen molar-refractivity contribution in [2.75, 3.05) is 5.32 Å². The van der Waals surface area contributed by atoms with Crippen LogP contribution in [0.1, 0.15) is 17.7 Å². The van der Waals surface area contributed by atoms with E-state index in [1.165, 1.54) is 39.0 Å². The number of rotatable bonds is 4. The van der Waals surface area contributed by atoms with Crippen LogP contribution in [0.3, 0.4) is 0 Å². The van der Waals surface area contributed by atoms with E-state index >= 15 is 0 Å². The number of allylic oxidation sites excluding steroid dienone is 1. The van der Waals surface area contributed by atoms with Gasteiger partial charge < -0.3 is 9.88 Å². The zero-order chi connectivity index (χ0) is 21.3. The standard InChI is InChI=1S/C30H24N2/c1-2-8-22(9-3-1)23-14-16-24(17-15-23)31-25-18-20-26(21-19-25)32-29-12-6-4-10-27(29)28-11-5-7-13-30(28)32/h1-6,8-12,14-21,31H,7,13H2. The van der Waals surface area contributed by atoms with Crippen LogP contribution in [-0.4, -0.2) is 4.57 Å². The smallest absolute Gasteiger partial charge is 0.0537 e. The van der Waals surface area contributed by atoms with Gasteiger partial charge in [-0.2, -0.15) is 0 Å². The Balaban J connectivity index is 1.28. The van der Waals surface area contributed by atoms with Crippen molar-refractivity contribution in [3.05, 3.63) is 120 Å². The van der Waals surface area contributed by atoms with Crippen molar-refractivity contribution in [2.24, 2.45) is 0 Å². The predicted molar refractivity (Wildman–Crippen MR) is 136 cm³/mol. The van der Waals surface area contributed by atoms with E-state index in [1.54, 1.807) is 0 Å². The average Bonchev–Trinajstić information content (AvgIpc) is 3.20. The number of hydrogen-bond acceptors (Lipinski definition) is 1. The van der Waals surface area contributed by atoms with E-state index in [-0.39, 0.29) is 0 Å². The molecule has 5 aromatic rings. The van der Waals surface area contributed by atoms with Crippen molar-refractivity contribution in [1.29, 1.82) is 0 Å². The molecule has 154 valence electrons. The molecule has 0 bridgehead atoms. The fourth-order valence-electron chi connectivity index (χ4n) is 4.70. The summed E-state index contributed by atoms with van der Waals surface area (Å²) >= 11 is 0. The Bertz CT molecular complexity index is 1410. The molecule has 0 atom stereocenters. The molecule has 0 saturated heterocycles. The van der Waals surface area contributed by atoms with Gasteiger partial charge in [-0.25, -0.2) is 0 Å². The van der Waals surface area contributed by atoms with Gasteiger partial charge in [-0.15, -0.1) is 0 Å². The molecule has 0 saturated carbocycles. The van der Waals surface area contributed by atoms with Gasteiger partial charge in [0, 0.05) is 33.7 Å². The van der Waals surface area contributed by atoms with Gasteiger partial charge in [0.1, 0.15) is 0 Å². The number of nitrogens with one attached hydrogen (secondary N) is 1. The summed E-state index contributed by atoms with van der Waals surface area (Å²) in [4.78, 5) is 0. The first-order chi connectivity index (χ1) is 15.9. The maximum Gasteiger partial charge on any atom is 0.0537 e. The van der Waals surface area contributed by atoms with Crippen molar-refractivity contribution in [3.63, 3.8) is 0 Å². The quantitative estimate of drug-likeness (QED) is 0.316. The third-order valence-corrected chi connectivity index (χ3v) is 6.25. The minimum Gasteiger partial charge on any atom is -0.356 e. The van der Waals surface area contributed by atoms with E-state index in [4.69, 9.17) is 0 Å². The molecule has 6 rings (SSSR count). The summed E-state index contributed by atoms with van der Waals surface area (Å²) in [5.74, 6) is 0. The van der Waals surface area contributed by atoms with Crippen LogP contribution in [0.2, 0.25) is 0 Å². The molecule has 1 N–H and O–H groups in total. The van der Waals surface area contributed by atoms with Crippen LogP contribution < -0.4 is 5.32 Å². The maximum atomic E-state index is 3.53. The summed E-state index contributed by atoms with van der Waals surface area (Å²) < 4.78 is 2.42. The Hall–Kier alpha value is -4.04. The molecule has 2 nitrogen and oxygen atoms in total. The fraction of sp³-hybridized carbons (Fsp3) is 0.0667. The van der Waals surface area contributed by atoms with Gasteiger partial charge in [0.2, 0.25) is 0 Å². The largest absolute Gasteiger partial charge is 0.356 e. The average molecular weight is 413 g/mol. The molecule has 1 heterocycles. The number of aromatic nitrogens is 1. The molecule has 1 aromatic heterocycles. The number of para-hydroxylation sites is 1. The van der Waals surface area contributed by atoms with Crippen LogP contribution in [0.4, 0.5) is 11.4 Å². The van der Waals surface area contributed by atoms with Gasteiger partial charge in [-0.3, -0.25) is 0 Å². The second-order valence-electron chi connectivity index (χ2n) is 8.27. The number of nitrogens with zero attached hydrogens (tertiary/aromatic N) is 1. The van der Waals surface area contributed by atoms with Crippen LogP contribution in [0, 0.1) is 0 Å². The molecule has 1 aliphatic carbocycles. The van der Waals surface area contributed by atoms with E-state index < -0.39 is 0 Å². The summed E-state index contributed by atoms with van der Waals surface area (Å²) in [6, 6.07) is 36.6. The Labute approximate surface area is 188 Å². The molecule has 1 aliphatic rings. The van der Waals surface area contributed by atoms with Crippen LogP contribution in [0.25, 0.3) is 33.8 Å². The predicted octanol–water partition coefficient (Wildman–Crippen LogP) is 8.00. The Morgan fingerprint density at radius 1 is 0.625 bits per heavy atom.